The number of ether oxygens (including phenoxy) is 2. The third-order valence-electron chi connectivity index (χ3n) is 5.93. The van der Waals surface area contributed by atoms with Crippen LogP contribution < -0.4 is 0 Å². The fraction of sp³-hybridized carbons (Fsp3) is 0.391. The van der Waals surface area contributed by atoms with Gasteiger partial charge in [-0.15, -0.1) is 0 Å². The number of rotatable bonds is 3. The predicted molar refractivity (Wildman–Crippen MR) is 107 cm³/mol. The number of aromatic nitrogens is 1. The van der Waals surface area contributed by atoms with Gasteiger partial charge >= 0.3 is 0 Å². The van der Waals surface area contributed by atoms with E-state index in [0.29, 0.717) is 19.8 Å². The molecule has 1 fully saturated rings. The number of likely N-dealkylation sites (N-methyl/N-ethyl adjacent to an activating group) is 1. The molecule has 0 aliphatic carbocycles. The van der Waals surface area contributed by atoms with E-state index < -0.39 is 5.79 Å². The zero-order valence-electron chi connectivity index (χ0n) is 16.1. The van der Waals surface area contributed by atoms with Gasteiger partial charge in [0.15, 0.2) is 0 Å². The van der Waals surface area contributed by atoms with E-state index >= 15 is 0 Å². The Morgan fingerprint density at radius 2 is 1.81 bits per heavy atom. The smallest absolute Gasteiger partial charge is 0.213 e. The molecule has 4 heteroatoms. The van der Waals surface area contributed by atoms with E-state index in [0.717, 1.165) is 25.1 Å². The van der Waals surface area contributed by atoms with Crippen LogP contribution in [0.5, 0.6) is 0 Å². The Bertz CT molecular complexity index is 971. The van der Waals surface area contributed by atoms with E-state index in [-0.39, 0.29) is 0 Å². The molecule has 2 aliphatic heterocycles. The summed E-state index contributed by atoms with van der Waals surface area (Å²) >= 11 is 0. The first-order chi connectivity index (χ1) is 13.2. The maximum absolute atomic E-state index is 6.23. The van der Waals surface area contributed by atoms with Gasteiger partial charge in [0.25, 0.3) is 0 Å². The number of benzene rings is 2. The molecular weight excluding hydrogens is 336 g/mol. The summed E-state index contributed by atoms with van der Waals surface area (Å²) < 4.78 is 14.9. The van der Waals surface area contributed by atoms with Crippen LogP contribution in [0.4, 0.5) is 0 Å². The zero-order valence-corrected chi connectivity index (χ0v) is 16.1. The molecule has 4 nitrogen and oxygen atoms in total. The summed E-state index contributed by atoms with van der Waals surface area (Å²) in [5, 5.41) is 1.37. The molecule has 0 saturated carbocycles. The van der Waals surface area contributed by atoms with Crippen molar-refractivity contribution in [1.82, 2.24) is 9.47 Å². The van der Waals surface area contributed by atoms with Crippen molar-refractivity contribution in [1.29, 1.82) is 0 Å². The Hall–Kier alpha value is -2.14. The van der Waals surface area contributed by atoms with Crippen LogP contribution in [-0.4, -0.2) is 36.3 Å². The Morgan fingerprint density at radius 1 is 1.04 bits per heavy atom. The van der Waals surface area contributed by atoms with Gasteiger partial charge in [-0.3, -0.25) is 0 Å². The Morgan fingerprint density at radius 3 is 2.59 bits per heavy atom. The highest BCUT2D eigenvalue weighted by Crippen LogP contribution is 2.38. The van der Waals surface area contributed by atoms with E-state index in [1.54, 1.807) is 0 Å². The summed E-state index contributed by atoms with van der Waals surface area (Å²) in [6, 6.07) is 17.2. The molecule has 5 rings (SSSR count). The van der Waals surface area contributed by atoms with E-state index in [4.69, 9.17) is 9.47 Å². The molecule has 3 heterocycles. The number of aryl methyl sites for hydroxylation is 1. The van der Waals surface area contributed by atoms with Gasteiger partial charge in [0.2, 0.25) is 5.79 Å². The van der Waals surface area contributed by atoms with Crippen LogP contribution in [-0.2, 0) is 34.8 Å². The van der Waals surface area contributed by atoms with E-state index in [1.807, 2.05) is 6.07 Å². The van der Waals surface area contributed by atoms with Crippen molar-refractivity contribution in [3.8, 4) is 0 Å². The summed E-state index contributed by atoms with van der Waals surface area (Å²) in [6.07, 6.45) is 1.06. The van der Waals surface area contributed by atoms with Crippen molar-refractivity contribution in [3.63, 3.8) is 0 Å². The molecule has 0 N–H and O–H groups in total. The molecule has 140 valence electrons. The monoisotopic (exact) mass is 362 g/mol. The van der Waals surface area contributed by atoms with Gasteiger partial charge < -0.3 is 18.9 Å². The molecule has 2 aromatic carbocycles. The molecule has 27 heavy (non-hydrogen) atoms. The minimum atomic E-state index is -0.699. The van der Waals surface area contributed by atoms with Crippen molar-refractivity contribution in [2.24, 2.45) is 0 Å². The minimum Gasteiger partial charge on any atom is -0.342 e. The molecule has 0 unspecified atom stereocenters. The van der Waals surface area contributed by atoms with Crippen LogP contribution >= 0.6 is 0 Å². The van der Waals surface area contributed by atoms with Gasteiger partial charge in [-0.25, -0.2) is 0 Å². The van der Waals surface area contributed by atoms with Crippen molar-refractivity contribution in [3.05, 3.63) is 70.9 Å². The van der Waals surface area contributed by atoms with Gasteiger partial charge in [-0.2, -0.15) is 0 Å². The van der Waals surface area contributed by atoms with Crippen molar-refractivity contribution >= 4 is 10.9 Å². The lowest BCUT2D eigenvalue weighted by molar-refractivity contribution is -0.175. The van der Waals surface area contributed by atoms with Crippen molar-refractivity contribution in [2.45, 2.75) is 32.2 Å². The lowest BCUT2D eigenvalue weighted by atomic mass is 10.0. The van der Waals surface area contributed by atoms with Crippen LogP contribution in [0.25, 0.3) is 10.9 Å². The summed E-state index contributed by atoms with van der Waals surface area (Å²) in [5.41, 5.74) is 6.59. The molecule has 0 radical (unpaired) electrons. The highest BCUT2D eigenvalue weighted by atomic mass is 16.7. The van der Waals surface area contributed by atoms with E-state index in [9.17, 15) is 0 Å². The summed E-state index contributed by atoms with van der Waals surface area (Å²) in [6.45, 7) is 6.22. The standard InChI is InChI=1S/C23H26N2O2/c1-17-8-9-21-19(14-17)20-15-24(2)11-10-22(20)25(21)16-23(26-12-13-27-23)18-6-4-3-5-7-18/h3-9,14H,10-13,15-16H2,1-2H3. The average Bonchev–Trinajstić information content (AvgIpc) is 3.27. The first-order valence-corrected chi connectivity index (χ1v) is 9.79. The molecule has 1 aromatic heterocycles. The third kappa shape index (κ3) is 2.80. The fourth-order valence-electron chi connectivity index (χ4n) is 4.58. The Kier molecular flexibility index (Phi) is 4.08. The van der Waals surface area contributed by atoms with Crippen LogP contribution in [0.15, 0.2) is 48.5 Å². The van der Waals surface area contributed by atoms with Crippen molar-refractivity contribution in [2.75, 3.05) is 26.8 Å². The summed E-state index contributed by atoms with van der Waals surface area (Å²) in [5.74, 6) is -0.699. The summed E-state index contributed by atoms with van der Waals surface area (Å²) in [4.78, 5) is 2.41. The highest BCUT2D eigenvalue weighted by Gasteiger charge is 2.40. The molecular formula is C23H26N2O2. The molecule has 1 saturated heterocycles. The van der Waals surface area contributed by atoms with Gasteiger partial charge in [-0.1, -0.05) is 42.0 Å². The number of hydrogen-bond donors (Lipinski definition) is 0. The van der Waals surface area contributed by atoms with E-state index in [2.05, 4.69) is 65.9 Å². The Labute approximate surface area is 160 Å². The van der Waals surface area contributed by atoms with Crippen LogP contribution in [0.1, 0.15) is 22.4 Å². The lowest BCUT2D eigenvalue weighted by Crippen LogP contribution is -2.34. The second-order valence-electron chi connectivity index (χ2n) is 7.84. The Balaban J connectivity index is 1.67. The molecule has 0 bridgehead atoms. The summed E-state index contributed by atoms with van der Waals surface area (Å²) in [7, 11) is 2.20. The molecule has 0 atom stereocenters. The minimum absolute atomic E-state index is 0.637. The maximum atomic E-state index is 6.23. The average molecular weight is 362 g/mol. The van der Waals surface area contributed by atoms with Crippen LogP contribution in [0.3, 0.4) is 0 Å². The van der Waals surface area contributed by atoms with Crippen LogP contribution in [0, 0.1) is 6.92 Å². The van der Waals surface area contributed by atoms with Gasteiger partial charge in [-0.05, 0) is 31.7 Å². The first-order valence-electron chi connectivity index (χ1n) is 9.79. The predicted octanol–water partition coefficient (Wildman–Crippen LogP) is 3.84. The lowest BCUT2D eigenvalue weighted by Gasteiger charge is -2.31. The van der Waals surface area contributed by atoms with Crippen molar-refractivity contribution < 1.29 is 9.47 Å². The normalized spacial score (nSPS) is 19.5. The largest absolute Gasteiger partial charge is 0.342 e. The second kappa shape index (κ2) is 6.48. The molecule has 0 spiro atoms. The van der Waals surface area contributed by atoms with Crippen LogP contribution in [0.2, 0.25) is 0 Å². The number of fused-ring (bicyclic) bond motifs is 3. The third-order valence-corrected chi connectivity index (χ3v) is 5.93. The van der Waals surface area contributed by atoms with E-state index in [1.165, 1.54) is 27.7 Å². The van der Waals surface area contributed by atoms with Gasteiger partial charge in [0.1, 0.15) is 0 Å². The number of hydrogen-bond acceptors (Lipinski definition) is 3. The zero-order chi connectivity index (χ0) is 18.4. The second-order valence-corrected chi connectivity index (χ2v) is 7.84. The van der Waals surface area contributed by atoms with Gasteiger partial charge in [0, 0.05) is 41.7 Å². The first kappa shape index (κ1) is 17.0. The molecule has 0 amide bonds. The number of nitrogens with zero attached hydrogens (tertiary/aromatic N) is 2. The quantitative estimate of drug-likeness (QED) is 0.708. The fourth-order valence-corrected chi connectivity index (χ4v) is 4.58. The molecule has 2 aliphatic rings. The SMILES string of the molecule is Cc1ccc2c(c1)c1c(n2CC2(c3ccccc3)OCCO2)CCN(C)C1. The topological polar surface area (TPSA) is 26.6 Å². The maximum Gasteiger partial charge on any atom is 0.213 e. The molecule has 3 aromatic rings. The highest BCUT2D eigenvalue weighted by molar-refractivity contribution is 5.86. The van der Waals surface area contributed by atoms with Gasteiger partial charge in [0.05, 0.1) is 19.8 Å².